The third-order valence-electron chi connectivity index (χ3n) is 2.90. The van der Waals surface area contributed by atoms with E-state index in [1.807, 2.05) is 19.9 Å². The molecule has 0 unspecified atom stereocenters. The number of nitrogens with zero attached hydrogens (tertiary/aromatic N) is 3. The van der Waals surface area contributed by atoms with Gasteiger partial charge in [-0.05, 0) is 26.0 Å². The Balaban J connectivity index is 2.01. The van der Waals surface area contributed by atoms with E-state index in [4.69, 9.17) is 0 Å². The number of hydrogen-bond donors (Lipinski definition) is 0. The molecule has 0 bridgehead atoms. The summed E-state index contributed by atoms with van der Waals surface area (Å²) in [7, 11) is 0. The highest BCUT2D eigenvalue weighted by molar-refractivity contribution is 7.13. The van der Waals surface area contributed by atoms with Crippen molar-refractivity contribution in [2.45, 2.75) is 20.0 Å². The Hall–Kier alpha value is -1.80. The molecule has 1 radical (unpaired) electrons. The average Bonchev–Trinajstić information content (AvgIpc) is 3.05. The van der Waals surface area contributed by atoms with E-state index in [9.17, 15) is 13.2 Å². The molecular formula is C14H9F3N3S2. The molecule has 0 aliphatic carbocycles. The molecule has 0 amide bonds. The maximum Gasteiger partial charge on any atom is 0.434 e. The van der Waals surface area contributed by atoms with Crippen LogP contribution in [-0.2, 0) is 6.18 Å². The van der Waals surface area contributed by atoms with Gasteiger partial charge in [0.2, 0.25) is 0 Å². The number of alkyl halides is 3. The summed E-state index contributed by atoms with van der Waals surface area (Å²) < 4.78 is 37.8. The van der Waals surface area contributed by atoms with Crippen molar-refractivity contribution in [1.82, 2.24) is 15.0 Å². The highest BCUT2D eigenvalue weighted by Gasteiger charge is 2.34. The van der Waals surface area contributed by atoms with E-state index < -0.39 is 11.9 Å². The molecule has 3 aromatic rings. The van der Waals surface area contributed by atoms with E-state index in [1.165, 1.54) is 0 Å². The topological polar surface area (TPSA) is 38.7 Å². The van der Waals surface area contributed by atoms with Gasteiger partial charge in [-0.15, -0.1) is 22.7 Å². The maximum atomic E-state index is 12.6. The number of halogens is 3. The fourth-order valence-electron chi connectivity index (χ4n) is 1.95. The zero-order chi connectivity index (χ0) is 15.9. The van der Waals surface area contributed by atoms with Crippen molar-refractivity contribution in [2.75, 3.05) is 0 Å². The van der Waals surface area contributed by atoms with Gasteiger partial charge in [-0.25, -0.2) is 15.0 Å². The van der Waals surface area contributed by atoms with E-state index in [0.717, 1.165) is 32.0 Å². The second-order valence-corrected chi connectivity index (χ2v) is 6.89. The molecule has 8 heteroatoms. The summed E-state index contributed by atoms with van der Waals surface area (Å²) in [6.07, 6.45) is -1.77. The smallest absolute Gasteiger partial charge is 0.228 e. The van der Waals surface area contributed by atoms with Crippen LogP contribution in [0.15, 0.2) is 17.5 Å². The van der Waals surface area contributed by atoms with Gasteiger partial charge in [0.25, 0.3) is 0 Å². The molecule has 0 aliphatic rings. The van der Waals surface area contributed by atoms with Crippen LogP contribution in [0.25, 0.3) is 22.1 Å². The summed E-state index contributed by atoms with van der Waals surface area (Å²) in [6, 6.07) is 3.61. The minimum atomic E-state index is -4.46. The van der Waals surface area contributed by atoms with Gasteiger partial charge >= 0.3 is 6.18 Å². The summed E-state index contributed by atoms with van der Waals surface area (Å²) in [6.45, 7) is 3.96. The normalized spacial score (nSPS) is 11.9. The first-order valence-corrected chi connectivity index (χ1v) is 7.90. The van der Waals surface area contributed by atoms with Crippen molar-refractivity contribution in [1.29, 1.82) is 0 Å². The highest BCUT2D eigenvalue weighted by Crippen LogP contribution is 2.34. The fraction of sp³-hybridized carbons (Fsp3) is 0.214. The largest absolute Gasteiger partial charge is 0.434 e. The summed E-state index contributed by atoms with van der Waals surface area (Å²) in [5, 5.41) is 1.10. The van der Waals surface area contributed by atoms with E-state index >= 15 is 0 Å². The summed E-state index contributed by atoms with van der Waals surface area (Å²) in [5.74, 6) is 0.154. The van der Waals surface area contributed by atoms with Crippen LogP contribution in [0.1, 0.15) is 15.4 Å². The Morgan fingerprint density at radius 3 is 2.55 bits per heavy atom. The maximum absolute atomic E-state index is 12.6. The second kappa shape index (κ2) is 5.44. The van der Waals surface area contributed by atoms with Gasteiger partial charge < -0.3 is 0 Å². The van der Waals surface area contributed by atoms with Crippen LogP contribution in [-0.4, -0.2) is 15.0 Å². The Morgan fingerprint density at radius 1 is 1.18 bits per heavy atom. The molecule has 0 fully saturated rings. The molecule has 22 heavy (non-hydrogen) atoms. The molecule has 0 saturated heterocycles. The Morgan fingerprint density at radius 2 is 1.95 bits per heavy atom. The quantitative estimate of drug-likeness (QED) is 0.675. The van der Waals surface area contributed by atoms with Gasteiger partial charge in [-0.2, -0.15) is 13.2 Å². The first-order chi connectivity index (χ1) is 10.3. The number of aryl methyl sites for hydroxylation is 2. The number of aromatic nitrogens is 3. The van der Waals surface area contributed by atoms with E-state index in [2.05, 4.69) is 21.1 Å². The molecule has 0 saturated carbocycles. The molecular weight excluding hydrogens is 331 g/mol. The fourth-order valence-corrected chi connectivity index (χ4v) is 3.64. The van der Waals surface area contributed by atoms with Crippen LogP contribution in [0.3, 0.4) is 0 Å². The lowest BCUT2D eigenvalue weighted by atomic mass is 10.2. The number of rotatable bonds is 2. The van der Waals surface area contributed by atoms with Crippen LogP contribution >= 0.6 is 22.7 Å². The monoisotopic (exact) mass is 340 g/mol. The van der Waals surface area contributed by atoms with Crippen LogP contribution < -0.4 is 0 Å². The second-order valence-electron chi connectivity index (χ2n) is 4.57. The highest BCUT2D eigenvalue weighted by atomic mass is 32.1. The SMILES string of the molecule is Cc1cc(-c2c[c]nc(-c3nc(C(F)(F)F)cs3)n2)c(C)s1. The first-order valence-electron chi connectivity index (χ1n) is 6.20. The molecule has 3 aromatic heterocycles. The van der Waals surface area contributed by atoms with Crippen molar-refractivity contribution in [2.24, 2.45) is 0 Å². The van der Waals surface area contributed by atoms with Crippen LogP contribution in [0.5, 0.6) is 0 Å². The number of hydrogen-bond acceptors (Lipinski definition) is 5. The predicted molar refractivity (Wildman–Crippen MR) is 79.8 cm³/mol. The van der Waals surface area contributed by atoms with Crippen LogP contribution in [0.4, 0.5) is 13.2 Å². The zero-order valence-corrected chi connectivity index (χ0v) is 13.2. The van der Waals surface area contributed by atoms with Gasteiger partial charge in [0, 0.05) is 20.7 Å². The number of thiophene rings is 1. The summed E-state index contributed by atoms with van der Waals surface area (Å²) >= 11 is 2.51. The number of thiazole rings is 1. The molecule has 3 heterocycles. The van der Waals surface area contributed by atoms with Crippen molar-refractivity contribution in [3.05, 3.63) is 39.2 Å². The third-order valence-corrected chi connectivity index (χ3v) is 4.71. The van der Waals surface area contributed by atoms with Crippen LogP contribution in [0.2, 0.25) is 0 Å². The van der Waals surface area contributed by atoms with Gasteiger partial charge in [0.15, 0.2) is 16.5 Å². The predicted octanol–water partition coefficient (Wildman–Crippen LogP) is 4.76. The molecule has 113 valence electrons. The van der Waals surface area contributed by atoms with Gasteiger partial charge in [-0.3, -0.25) is 0 Å². The van der Waals surface area contributed by atoms with E-state index in [0.29, 0.717) is 5.69 Å². The minimum Gasteiger partial charge on any atom is -0.228 e. The third kappa shape index (κ3) is 2.89. The minimum absolute atomic E-state index is 0.134. The average molecular weight is 340 g/mol. The summed E-state index contributed by atoms with van der Waals surface area (Å²) in [4.78, 5) is 14.0. The van der Waals surface area contributed by atoms with Crippen molar-refractivity contribution >= 4 is 22.7 Å². The van der Waals surface area contributed by atoms with Crippen molar-refractivity contribution in [3.63, 3.8) is 0 Å². The summed E-state index contributed by atoms with van der Waals surface area (Å²) in [5.41, 5.74) is 0.648. The Kier molecular flexibility index (Phi) is 3.73. The van der Waals surface area contributed by atoms with Crippen molar-refractivity contribution < 1.29 is 13.2 Å². The molecule has 3 nitrogen and oxygen atoms in total. The molecule has 0 aromatic carbocycles. The molecule has 0 N–H and O–H groups in total. The zero-order valence-electron chi connectivity index (χ0n) is 11.5. The van der Waals surface area contributed by atoms with Gasteiger partial charge in [-0.1, -0.05) is 0 Å². The standard InChI is InChI=1S/C14H9F3N3S2/c1-7-5-9(8(2)22-7)10-3-4-18-12(19-10)13-20-11(6-21-13)14(15,16)17/h3,5-6H,1-2H3. The lowest BCUT2D eigenvalue weighted by molar-refractivity contribution is -0.140. The lowest BCUT2D eigenvalue weighted by Crippen LogP contribution is -2.05. The van der Waals surface area contributed by atoms with Crippen LogP contribution in [0, 0.1) is 20.0 Å². The first kappa shape index (κ1) is 15.1. The Labute approximate surface area is 132 Å². The van der Waals surface area contributed by atoms with E-state index in [-0.39, 0.29) is 10.8 Å². The molecule has 3 rings (SSSR count). The lowest BCUT2D eigenvalue weighted by Gasteiger charge is -2.02. The Bertz CT molecular complexity index is 821. The van der Waals surface area contributed by atoms with Gasteiger partial charge in [0.05, 0.1) is 11.9 Å². The molecule has 0 aliphatic heterocycles. The van der Waals surface area contributed by atoms with Gasteiger partial charge in [0.1, 0.15) is 0 Å². The molecule has 0 atom stereocenters. The molecule has 0 spiro atoms. The van der Waals surface area contributed by atoms with Crippen molar-refractivity contribution in [3.8, 4) is 22.1 Å². The van der Waals surface area contributed by atoms with E-state index in [1.54, 1.807) is 17.4 Å².